The molecule has 1 rings (SSSR count). The van der Waals surface area contributed by atoms with Gasteiger partial charge in [-0.2, -0.15) is 0 Å². The van der Waals surface area contributed by atoms with E-state index in [9.17, 15) is 13.2 Å². The van der Waals surface area contributed by atoms with Crippen LogP contribution in [0.3, 0.4) is 0 Å². The molecule has 0 bridgehead atoms. The third-order valence-corrected chi connectivity index (χ3v) is 6.22. The summed E-state index contributed by atoms with van der Waals surface area (Å²) in [5.41, 5.74) is 0.597. The number of hydrogen-bond acceptors (Lipinski definition) is 5. The molecule has 0 saturated heterocycles. The molecule has 0 radical (unpaired) electrons. The van der Waals surface area contributed by atoms with Crippen LogP contribution in [-0.4, -0.2) is 31.1 Å². The van der Waals surface area contributed by atoms with E-state index in [0.717, 1.165) is 29.8 Å². The van der Waals surface area contributed by atoms with E-state index >= 15 is 0 Å². The average Bonchev–Trinajstić information content (AvgIpc) is 2.73. The topological polar surface area (TPSA) is 76.1 Å². The molecule has 22 heavy (non-hydrogen) atoms. The normalized spacial score (nSPS) is 12.4. The van der Waals surface area contributed by atoms with Crippen molar-refractivity contribution in [2.75, 3.05) is 6.26 Å². The highest BCUT2D eigenvalue weighted by molar-refractivity contribution is 7.90. The van der Waals surface area contributed by atoms with E-state index in [1.165, 1.54) is 17.6 Å². The number of nitrogens with zero attached hydrogens (tertiary/aromatic N) is 1. The monoisotopic (exact) mass is 346 g/mol. The number of aryl methyl sites for hydroxylation is 1. The summed E-state index contributed by atoms with van der Waals surface area (Å²) < 4.78 is 22.7. The second kappa shape index (κ2) is 7.55. The standard InChI is InChI=1S/C15H26N2O3S2/c1-6-15(7-2,8-3)17-13(18)9-12-11(4)16-14(21-12)10-22(5,19)20/h6-10H2,1-5H3,(H,17,18). The highest BCUT2D eigenvalue weighted by Crippen LogP contribution is 2.23. The summed E-state index contributed by atoms with van der Waals surface area (Å²) in [6, 6.07) is 0. The van der Waals surface area contributed by atoms with Gasteiger partial charge in [-0.1, -0.05) is 20.8 Å². The molecule has 0 fully saturated rings. The predicted molar refractivity (Wildman–Crippen MR) is 90.8 cm³/mol. The SMILES string of the molecule is CCC(CC)(CC)NC(=O)Cc1sc(CS(C)(=O)=O)nc1C. The van der Waals surface area contributed by atoms with Crippen molar-refractivity contribution in [1.29, 1.82) is 0 Å². The number of sulfone groups is 1. The summed E-state index contributed by atoms with van der Waals surface area (Å²) in [5.74, 6) is -0.0913. The molecule has 5 nitrogen and oxygen atoms in total. The molecule has 126 valence electrons. The zero-order chi connectivity index (χ0) is 17.0. The molecule has 0 unspecified atom stereocenters. The fourth-order valence-corrected chi connectivity index (χ4v) is 4.69. The molecule has 1 aromatic rings. The Hall–Kier alpha value is -0.950. The highest BCUT2D eigenvalue weighted by Gasteiger charge is 2.26. The van der Waals surface area contributed by atoms with Crippen molar-refractivity contribution in [2.24, 2.45) is 0 Å². The van der Waals surface area contributed by atoms with Crippen LogP contribution in [0.25, 0.3) is 0 Å². The minimum atomic E-state index is -3.10. The Kier molecular flexibility index (Phi) is 6.55. The molecule has 0 aliphatic carbocycles. The zero-order valence-corrected chi connectivity index (χ0v) is 15.7. The van der Waals surface area contributed by atoms with Crippen molar-refractivity contribution in [3.05, 3.63) is 15.6 Å². The summed E-state index contributed by atoms with van der Waals surface area (Å²) in [7, 11) is -3.10. The van der Waals surface area contributed by atoms with Gasteiger partial charge in [-0.05, 0) is 26.2 Å². The van der Waals surface area contributed by atoms with E-state index in [-0.39, 0.29) is 23.6 Å². The van der Waals surface area contributed by atoms with Gasteiger partial charge >= 0.3 is 0 Å². The van der Waals surface area contributed by atoms with Crippen LogP contribution in [0.2, 0.25) is 0 Å². The number of carbonyl (C=O) groups is 1. The number of rotatable bonds is 8. The number of hydrogen-bond donors (Lipinski definition) is 1. The average molecular weight is 347 g/mol. The number of amides is 1. The molecule has 0 spiro atoms. The number of aromatic nitrogens is 1. The van der Waals surface area contributed by atoms with E-state index in [0.29, 0.717) is 5.01 Å². The Bertz CT molecular complexity index is 608. The Labute approximate surface area is 137 Å². The number of carbonyl (C=O) groups excluding carboxylic acids is 1. The molecule has 0 aromatic carbocycles. The van der Waals surface area contributed by atoms with Crippen LogP contribution in [0.4, 0.5) is 0 Å². The maximum Gasteiger partial charge on any atom is 0.225 e. The Morgan fingerprint density at radius 3 is 2.23 bits per heavy atom. The van der Waals surface area contributed by atoms with E-state index < -0.39 is 9.84 Å². The maximum atomic E-state index is 12.3. The summed E-state index contributed by atoms with van der Waals surface area (Å²) in [6.07, 6.45) is 4.13. The summed E-state index contributed by atoms with van der Waals surface area (Å²) in [4.78, 5) is 17.4. The van der Waals surface area contributed by atoms with Crippen LogP contribution < -0.4 is 5.32 Å². The lowest BCUT2D eigenvalue weighted by atomic mass is 9.89. The molecule has 1 N–H and O–H groups in total. The van der Waals surface area contributed by atoms with Crippen molar-refractivity contribution in [3.63, 3.8) is 0 Å². The van der Waals surface area contributed by atoms with Crippen molar-refractivity contribution in [1.82, 2.24) is 10.3 Å². The van der Waals surface area contributed by atoms with Crippen LogP contribution in [-0.2, 0) is 26.8 Å². The van der Waals surface area contributed by atoms with E-state index in [1.54, 1.807) is 0 Å². The van der Waals surface area contributed by atoms with Crippen LogP contribution in [0.1, 0.15) is 55.6 Å². The second-order valence-electron chi connectivity index (χ2n) is 5.75. The van der Waals surface area contributed by atoms with E-state index in [4.69, 9.17) is 0 Å². The largest absolute Gasteiger partial charge is 0.350 e. The van der Waals surface area contributed by atoms with Crippen molar-refractivity contribution in [3.8, 4) is 0 Å². The van der Waals surface area contributed by atoms with Gasteiger partial charge < -0.3 is 5.32 Å². The molecule has 1 amide bonds. The third-order valence-electron chi connectivity index (χ3n) is 4.08. The summed E-state index contributed by atoms with van der Waals surface area (Å²) in [5, 5.41) is 3.69. The molecule has 7 heteroatoms. The lowest BCUT2D eigenvalue weighted by molar-refractivity contribution is -0.122. The minimum Gasteiger partial charge on any atom is -0.350 e. The van der Waals surface area contributed by atoms with Crippen molar-refractivity contribution in [2.45, 2.75) is 64.7 Å². The molecule has 0 aliphatic rings. The molecular weight excluding hydrogens is 320 g/mol. The Morgan fingerprint density at radius 1 is 1.23 bits per heavy atom. The Morgan fingerprint density at radius 2 is 1.77 bits per heavy atom. The van der Waals surface area contributed by atoms with Crippen molar-refractivity contribution < 1.29 is 13.2 Å². The van der Waals surface area contributed by atoms with Crippen LogP contribution in [0, 0.1) is 6.92 Å². The molecule has 1 aromatic heterocycles. The Balaban J connectivity index is 2.81. The van der Waals surface area contributed by atoms with Gasteiger partial charge in [0.25, 0.3) is 0 Å². The quantitative estimate of drug-likeness (QED) is 0.785. The van der Waals surface area contributed by atoms with Gasteiger partial charge in [-0.25, -0.2) is 13.4 Å². The smallest absolute Gasteiger partial charge is 0.225 e. The molecule has 0 saturated carbocycles. The van der Waals surface area contributed by atoms with E-state index in [2.05, 4.69) is 31.1 Å². The molecule has 0 atom stereocenters. The molecule has 0 aliphatic heterocycles. The van der Waals surface area contributed by atoms with Crippen LogP contribution in [0.5, 0.6) is 0 Å². The van der Waals surface area contributed by atoms with Gasteiger partial charge in [0.05, 0.1) is 12.1 Å². The van der Waals surface area contributed by atoms with E-state index in [1.807, 2.05) is 6.92 Å². The van der Waals surface area contributed by atoms with Gasteiger partial charge in [0.15, 0.2) is 9.84 Å². The summed E-state index contributed by atoms with van der Waals surface area (Å²) in [6.45, 7) is 8.05. The molecule has 1 heterocycles. The van der Waals surface area contributed by atoms with Gasteiger partial charge in [0.1, 0.15) is 10.8 Å². The van der Waals surface area contributed by atoms with Crippen molar-refractivity contribution >= 4 is 27.1 Å². The highest BCUT2D eigenvalue weighted by atomic mass is 32.2. The number of nitrogens with one attached hydrogen (secondary N) is 1. The first-order valence-corrected chi connectivity index (χ1v) is 10.5. The lowest BCUT2D eigenvalue weighted by Gasteiger charge is -2.31. The second-order valence-corrected chi connectivity index (χ2v) is 9.06. The summed E-state index contributed by atoms with van der Waals surface area (Å²) >= 11 is 1.31. The first-order valence-electron chi connectivity index (χ1n) is 7.58. The van der Waals surface area contributed by atoms with Gasteiger partial charge in [-0.15, -0.1) is 11.3 Å². The fraction of sp³-hybridized carbons (Fsp3) is 0.733. The van der Waals surface area contributed by atoms with Gasteiger partial charge in [-0.3, -0.25) is 4.79 Å². The third kappa shape index (κ3) is 5.35. The first-order chi connectivity index (χ1) is 10.1. The van der Waals surface area contributed by atoms with Crippen LogP contribution in [0.15, 0.2) is 0 Å². The minimum absolute atomic E-state index is 0.0248. The predicted octanol–water partition coefficient (Wildman–Crippen LogP) is 2.62. The molecular formula is C15H26N2O3S2. The number of thiazole rings is 1. The lowest BCUT2D eigenvalue weighted by Crippen LogP contribution is -2.47. The maximum absolute atomic E-state index is 12.3. The van der Waals surface area contributed by atoms with Crippen LogP contribution >= 0.6 is 11.3 Å². The van der Waals surface area contributed by atoms with Gasteiger partial charge in [0.2, 0.25) is 5.91 Å². The fourth-order valence-electron chi connectivity index (χ4n) is 2.44. The first kappa shape index (κ1) is 19.1. The zero-order valence-electron chi connectivity index (χ0n) is 14.0. The van der Waals surface area contributed by atoms with Gasteiger partial charge in [0, 0.05) is 16.7 Å².